The van der Waals surface area contributed by atoms with Gasteiger partial charge in [0.25, 0.3) is 0 Å². The van der Waals surface area contributed by atoms with Crippen molar-refractivity contribution < 1.29 is 19.5 Å². The third-order valence-electron chi connectivity index (χ3n) is 3.22. The summed E-state index contributed by atoms with van der Waals surface area (Å²) in [5.41, 5.74) is 0. The summed E-state index contributed by atoms with van der Waals surface area (Å²) in [6.07, 6.45) is -0.134. The van der Waals surface area contributed by atoms with Crippen LogP contribution in [-0.2, 0) is 14.4 Å². The van der Waals surface area contributed by atoms with E-state index < -0.39 is 12.0 Å². The summed E-state index contributed by atoms with van der Waals surface area (Å²) in [5, 5.41) is 8.87. The lowest BCUT2D eigenvalue weighted by atomic mass is 9.99. The highest BCUT2D eigenvalue weighted by Crippen LogP contribution is 2.20. The van der Waals surface area contributed by atoms with Gasteiger partial charge in [0, 0.05) is 33.0 Å². The fourth-order valence-corrected chi connectivity index (χ4v) is 2.35. The molecule has 1 aliphatic rings. The molecule has 2 amide bonds. The quantitative estimate of drug-likeness (QED) is 0.735. The molecule has 0 unspecified atom stereocenters. The van der Waals surface area contributed by atoms with Crippen LogP contribution in [0.3, 0.4) is 0 Å². The predicted molar refractivity (Wildman–Crippen MR) is 60.3 cm³/mol. The molecule has 1 N–H and O–H groups in total. The molecule has 17 heavy (non-hydrogen) atoms. The molecule has 1 heterocycles. The molecule has 1 saturated heterocycles. The van der Waals surface area contributed by atoms with Crippen molar-refractivity contribution in [1.82, 2.24) is 9.80 Å². The molecular formula is C11H18N2O4. The van der Waals surface area contributed by atoms with Gasteiger partial charge in [0.15, 0.2) is 0 Å². The van der Waals surface area contributed by atoms with Crippen molar-refractivity contribution >= 4 is 17.8 Å². The fourth-order valence-electron chi connectivity index (χ4n) is 2.35. The third-order valence-corrected chi connectivity index (χ3v) is 3.22. The van der Waals surface area contributed by atoms with E-state index in [0.717, 1.165) is 0 Å². The van der Waals surface area contributed by atoms with E-state index >= 15 is 0 Å². The molecular weight excluding hydrogens is 224 g/mol. The number of carboxylic acids is 1. The van der Waals surface area contributed by atoms with Gasteiger partial charge in [0.05, 0.1) is 12.5 Å². The normalized spacial score (nSPS) is 24.6. The lowest BCUT2D eigenvalue weighted by molar-refractivity contribution is -0.149. The van der Waals surface area contributed by atoms with Gasteiger partial charge in [0.1, 0.15) is 0 Å². The molecule has 0 bridgehead atoms. The maximum absolute atomic E-state index is 11.4. The van der Waals surface area contributed by atoms with Gasteiger partial charge in [-0.05, 0) is 6.92 Å². The Bertz CT molecular complexity index is 342. The minimum atomic E-state index is -0.960. The summed E-state index contributed by atoms with van der Waals surface area (Å²) >= 11 is 0. The van der Waals surface area contributed by atoms with E-state index in [9.17, 15) is 14.4 Å². The summed E-state index contributed by atoms with van der Waals surface area (Å²) in [4.78, 5) is 36.8. The number of hydrogen-bond donors (Lipinski definition) is 1. The number of amides is 2. The highest BCUT2D eigenvalue weighted by Gasteiger charge is 2.37. The van der Waals surface area contributed by atoms with Crippen molar-refractivity contribution in [3.05, 3.63) is 0 Å². The fraction of sp³-hybridized carbons (Fsp3) is 0.727. The molecule has 0 aromatic heterocycles. The van der Waals surface area contributed by atoms with E-state index in [4.69, 9.17) is 5.11 Å². The standard InChI is InChI=1S/C11H18N2O4/c1-7-10(6-11(16)17)13(9(3)15)5-4-12(7)8(2)14/h7,10H,4-6H2,1-3H3,(H,16,17)/t7-,10+/m0/s1. The Hall–Kier alpha value is -1.59. The summed E-state index contributed by atoms with van der Waals surface area (Å²) in [6, 6.07) is -0.705. The van der Waals surface area contributed by atoms with Crippen LogP contribution >= 0.6 is 0 Å². The molecule has 6 heteroatoms. The zero-order valence-electron chi connectivity index (χ0n) is 10.3. The van der Waals surface area contributed by atoms with Crippen LogP contribution in [0.4, 0.5) is 0 Å². The highest BCUT2D eigenvalue weighted by atomic mass is 16.4. The summed E-state index contributed by atoms with van der Waals surface area (Å²) < 4.78 is 0. The first-order chi connectivity index (χ1) is 7.84. The van der Waals surface area contributed by atoms with Crippen LogP contribution in [0, 0.1) is 0 Å². The van der Waals surface area contributed by atoms with Crippen LogP contribution in [0.2, 0.25) is 0 Å². The zero-order valence-corrected chi connectivity index (χ0v) is 10.3. The lowest BCUT2D eigenvalue weighted by Crippen LogP contribution is -2.61. The Labute approximate surface area is 100 Å². The Morgan fingerprint density at radius 1 is 1.12 bits per heavy atom. The van der Waals surface area contributed by atoms with Gasteiger partial charge >= 0.3 is 5.97 Å². The topological polar surface area (TPSA) is 77.9 Å². The molecule has 1 aliphatic heterocycles. The summed E-state index contributed by atoms with van der Waals surface area (Å²) in [7, 11) is 0. The Balaban J connectivity index is 2.90. The first kappa shape index (κ1) is 13.5. The Morgan fingerprint density at radius 3 is 2.00 bits per heavy atom. The molecule has 0 saturated carbocycles. The first-order valence-corrected chi connectivity index (χ1v) is 5.60. The SMILES string of the molecule is CC(=O)N1CCN(C(C)=O)[C@@H](C)[C@H]1CC(=O)O. The van der Waals surface area contributed by atoms with E-state index in [0.29, 0.717) is 13.1 Å². The van der Waals surface area contributed by atoms with Crippen molar-refractivity contribution in [2.75, 3.05) is 13.1 Å². The minimum Gasteiger partial charge on any atom is -0.481 e. The van der Waals surface area contributed by atoms with Crippen molar-refractivity contribution in [2.45, 2.75) is 39.3 Å². The van der Waals surface area contributed by atoms with E-state index in [1.54, 1.807) is 11.8 Å². The molecule has 0 radical (unpaired) electrons. The molecule has 1 rings (SSSR count). The van der Waals surface area contributed by atoms with Gasteiger partial charge < -0.3 is 14.9 Å². The van der Waals surface area contributed by atoms with Crippen LogP contribution < -0.4 is 0 Å². The van der Waals surface area contributed by atoms with Crippen LogP contribution in [0.25, 0.3) is 0 Å². The third kappa shape index (κ3) is 2.95. The first-order valence-electron chi connectivity index (χ1n) is 5.60. The van der Waals surface area contributed by atoms with Gasteiger partial charge in [-0.3, -0.25) is 14.4 Å². The summed E-state index contributed by atoms with van der Waals surface area (Å²) in [6.45, 7) is 5.52. The molecule has 0 aromatic carbocycles. The van der Waals surface area contributed by atoms with E-state index in [1.807, 2.05) is 0 Å². The largest absolute Gasteiger partial charge is 0.481 e. The van der Waals surface area contributed by atoms with E-state index in [2.05, 4.69) is 0 Å². The number of hydrogen-bond acceptors (Lipinski definition) is 3. The number of rotatable bonds is 2. The number of nitrogens with zero attached hydrogens (tertiary/aromatic N) is 2. The van der Waals surface area contributed by atoms with Gasteiger partial charge in [-0.15, -0.1) is 0 Å². The van der Waals surface area contributed by atoms with Crippen LogP contribution in [0.1, 0.15) is 27.2 Å². The second-order valence-electron chi connectivity index (χ2n) is 4.33. The van der Waals surface area contributed by atoms with Crippen molar-refractivity contribution in [1.29, 1.82) is 0 Å². The molecule has 96 valence electrons. The number of carbonyl (C=O) groups is 3. The Morgan fingerprint density at radius 2 is 1.59 bits per heavy atom. The second-order valence-corrected chi connectivity index (χ2v) is 4.33. The van der Waals surface area contributed by atoms with Crippen LogP contribution in [0.5, 0.6) is 0 Å². The van der Waals surface area contributed by atoms with Crippen molar-refractivity contribution in [2.24, 2.45) is 0 Å². The maximum Gasteiger partial charge on any atom is 0.305 e. The number of aliphatic carboxylic acids is 1. The molecule has 0 aliphatic carbocycles. The van der Waals surface area contributed by atoms with Gasteiger partial charge in [-0.25, -0.2) is 0 Å². The predicted octanol–water partition coefficient (Wildman–Crippen LogP) is -0.0712. The minimum absolute atomic E-state index is 0.0870. The number of carbonyl (C=O) groups excluding carboxylic acids is 2. The zero-order chi connectivity index (χ0) is 13.2. The molecule has 6 nitrogen and oxygen atoms in total. The molecule has 0 spiro atoms. The van der Waals surface area contributed by atoms with Gasteiger partial charge in [0.2, 0.25) is 11.8 Å². The molecule has 2 atom stereocenters. The van der Waals surface area contributed by atoms with Crippen molar-refractivity contribution in [3.8, 4) is 0 Å². The lowest BCUT2D eigenvalue weighted by Gasteiger charge is -2.45. The highest BCUT2D eigenvalue weighted by molar-refractivity contribution is 5.77. The molecule has 0 aromatic rings. The van der Waals surface area contributed by atoms with Gasteiger partial charge in [-0.1, -0.05) is 0 Å². The number of carboxylic acid groups (broad SMARTS) is 1. The van der Waals surface area contributed by atoms with E-state index in [-0.39, 0.29) is 24.3 Å². The monoisotopic (exact) mass is 242 g/mol. The van der Waals surface area contributed by atoms with Gasteiger partial charge in [-0.2, -0.15) is 0 Å². The Kier molecular flexibility index (Phi) is 4.09. The second kappa shape index (κ2) is 5.16. The van der Waals surface area contributed by atoms with E-state index in [1.165, 1.54) is 18.7 Å². The van der Waals surface area contributed by atoms with Crippen LogP contribution in [0.15, 0.2) is 0 Å². The van der Waals surface area contributed by atoms with Crippen LogP contribution in [-0.4, -0.2) is 57.9 Å². The average Bonchev–Trinajstić information content (AvgIpc) is 2.19. The average molecular weight is 242 g/mol. The van der Waals surface area contributed by atoms with Crippen molar-refractivity contribution in [3.63, 3.8) is 0 Å². The summed E-state index contributed by atoms with van der Waals surface area (Å²) in [5.74, 6) is -1.19. The smallest absolute Gasteiger partial charge is 0.305 e. The molecule has 1 fully saturated rings. The number of piperazine rings is 1. The maximum atomic E-state index is 11.4.